The van der Waals surface area contributed by atoms with Crippen molar-refractivity contribution in [1.29, 1.82) is 0 Å². The van der Waals surface area contributed by atoms with Gasteiger partial charge in [-0.3, -0.25) is 0 Å². The molecule has 1 N–H and O–H groups in total. The van der Waals surface area contributed by atoms with Gasteiger partial charge in [-0.25, -0.2) is 0 Å². The molecule has 0 aliphatic heterocycles. The van der Waals surface area contributed by atoms with Gasteiger partial charge in [0, 0.05) is 6.04 Å². The number of nitrogens with zero attached hydrogens (tertiary/aromatic N) is 1. The highest BCUT2D eigenvalue weighted by molar-refractivity contribution is 4.62. The van der Waals surface area contributed by atoms with Crippen LogP contribution < -0.4 is 5.32 Å². The topological polar surface area (TPSA) is 15.3 Å². The summed E-state index contributed by atoms with van der Waals surface area (Å²) in [5, 5.41) is 3.63. The molecule has 1 unspecified atom stereocenters. The van der Waals surface area contributed by atoms with Gasteiger partial charge in [0.1, 0.15) is 0 Å². The fourth-order valence-electron chi connectivity index (χ4n) is 2.16. The Morgan fingerprint density at radius 3 is 2.24 bits per heavy atom. The van der Waals surface area contributed by atoms with Gasteiger partial charge in [-0.05, 0) is 52.4 Å². The van der Waals surface area contributed by atoms with Crippen molar-refractivity contribution in [3.63, 3.8) is 0 Å². The molecule has 0 rings (SSSR count). The summed E-state index contributed by atoms with van der Waals surface area (Å²) < 4.78 is 0. The smallest absolute Gasteiger partial charge is 0.00391 e. The lowest BCUT2D eigenvalue weighted by molar-refractivity contribution is 0.290. The van der Waals surface area contributed by atoms with Crippen molar-refractivity contribution >= 4 is 0 Å². The summed E-state index contributed by atoms with van der Waals surface area (Å²) in [6.07, 6.45) is 8.08. The van der Waals surface area contributed by atoms with Gasteiger partial charge in [0.05, 0.1) is 0 Å². The SMILES string of the molecule is CCCCCCNC(C)CCCN(CC)CC. The maximum atomic E-state index is 3.63. The van der Waals surface area contributed by atoms with Crippen molar-refractivity contribution in [2.45, 2.75) is 72.3 Å². The molecule has 0 amide bonds. The molecule has 0 saturated carbocycles. The highest BCUT2D eigenvalue weighted by Gasteiger charge is 2.03. The second-order valence-corrected chi connectivity index (χ2v) is 5.08. The van der Waals surface area contributed by atoms with E-state index < -0.39 is 0 Å². The molecule has 1 atom stereocenters. The average molecular weight is 242 g/mol. The van der Waals surface area contributed by atoms with Crippen LogP contribution in [0.3, 0.4) is 0 Å². The highest BCUT2D eigenvalue weighted by atomic mass is 15.1. The van der Waals surface area contributed by atoms with Crippen LogP contribution in [0.5, 0.6) is 0 Å². The van der Waals surface area contributed by atoms with Crippen LogP contribution in [0, 0.1) is 0 Å². The van der Waals surface area contributed by atoms with Crippen molar-refractivity contribution in [2.75, 3.05) is 26.2 Å². The van der Waals surface area contributed by atoms with E-state index in [4.69, 9.17) is 0 Å². The summed E-state index contributed by atoms with van der Waals surface area (Å²) in [5.41, 5.74) is 0. The van der Waals surface area contributed by atoms with E-state index >= 15 is 0 Å². The lowest BCUT2D eigenvalue weighted by atomic mass is 10.1. The molecule has 0 heterocycles. The molecule has 0 spiro atoms. The second kappa shape index (κ2) is 12.4. The Balaban J connectivity index is 3.30. The summed E-state index contributed by atoms with van der Waals surface area (Å²) in [5.74, 6) is 0. The van der Waals surface area contributed by atoms with Crippen molar-refractivity contribution < 1.29 is 0 Å². The molecule has 104 valence electrons. The van der Waals surface area contributed by atoms with Crippen LogP contribution in [0.4, 0.5) is 0 Å². The van der Waals surface area contributed by atoms with Crippen molar-refractivity contribution in [3.8, 4) is 0 Å². The minimum Gasteiger partial charge on any atom is -0.314 e. The van der Waals surface area contributed by atoms with Crippen molar-refractivity contribution in [3.05, 3.63) is 0 Å². The van der Waals surface area contributed by atoms with Gasteiger partial charge in [-0.15, -0.1) is 0 Å². The van der Waals surface area contributed by atoms with Crippen molar-refractivity contribution in [2.24, 2.45) is 0 Å². The molecule has 0 saturated heterocycles. The monoisotopic (exact) mass is 242 g/mol. The maximum absolute atomic E-state index is 3.63. The zero-order valence-corrected chi connectivity index (χ0v) is 12.6. The van der Waals surface area contributed by atoms with Gasteiger partial charge in [0.15, 0.2) is 0 Å². The highest BCUT2D eigenvalue weighted by Crippen LogP contribution is 2.01. The number of hydrogen-bond acceptors (Lipinski definition) is 2. The quantitative estimate of drug-likeness (QED) is 0.525. The predicted molar refractivity (Wildman–Crippen MR) is 78.6 cm³/mol. The molecular formula is C15H34N2. The average Bonchev–Trinajstić information content (AvgIpc) is 2.34. The maximum Gasteiger partial charge on any atom is 0.00391 e. The van der Waals surface area contributed by atoms with Crippen LogP contribution >= 0.6 is 0 Å². The molecule has 0 fully saturated rings. The molecular weight excluding hydrogens is 208 g/mol. The largest absolute Gasteiger partial charge is 0.314 e. The van der Waals surface area contributed by atoms with Gasteiger partial charge in [0.25, 0.3) is 0 Å². The summed E-state index contributed by atoms with van der Waals surface area (Å²) in [4.78, 5) is 2.51. The van der Waals surface area contributed by atoms with Crippen LogP contribution in [-0.4, -0.2) is 37.1 Å². The molecule has 0 aromatic carbocycles. The van der Waals surface area contributed by atoms with Crippen molar-refractivity contribution in [1.82, 2.24) is 10.2 Å². The van der Waals surface area contributed by atoms with E-state index in [0.29, 0.717) is 6.04 Å². The number of nitrogens with one attached hydrogen (secondary N) is 1. The molecule has 2 heteroatoms. The molecule has 0 bridgehead atoms. The number of rotatable bonds is 12. The fourth-order valence-corrected chi connectivity index (χ4v) is 2.16. The summed E-state index contributed by atoms with van der Waals surface area (Å²) in [7, 11) is 0. The fraction of sp³-hybridized carbons (Fsp3) is 1.00. The first kappa shape index (κ1) is 16.9. The molecule has 0 aromatic rings. The Hall–Kier alpha value is -0.0800. The minimum absolute atomic E-state index is 0.687. The van der Waals surface area contributed by atoms with Crippen LogP contribution in [0.2, 0.25) is 0 Å². The Bertz CT molecular complexity index is 144. The van der Waals surface area contributed by atoms with Gasteiger partial charge in [-0.1, -0.05) is 40.0 Å². The van der Waals surface area contributed by atoms with Gasteiger partial charge in [-0.2, -0.15) is 0 Å². The Labute approximate surface area is 109 Å². The van der Waals surface area contributed by atoms with E-state index in [1.807, 2.05) is 0 Å². The Morgan fingerprint density at radius 2 is 1.65 bits per heavy atom. The third kappa shape index (κ3) is 10.8. The van der Waals surface area contributed by atoms with Gasteiger partial charge in [0.2, 0.25) is 0 Å². The molecule has 0 aromatic heterocycles. The van der Waals surface area contributed by atoms with E-state index in [0.717, 1.165) is 0 Å². The standard InChI is InChI=1S/C15H34N2/c1-5-8-9-10-13-16-15(4)12-11-14-17(6-2)7-3/h15-16H,5-14H2,1-4H3. The van der Waals surface area contributed by atoms with E-state index in [-0.39, 0.29) is 0 Å². The third-order valence-electron chi connectivity index (χ3n) is 3.53. The molecule has 17 heavy (non-hydrogen) atoms. The van der Waals surface area contributed by atoms with Gasteiger partial charge >= 0.3 is 0 Å². The van der Waals surface area contributed by atoms with Crippen LogP contribution in [0.25, 0.3) is 0 Å². The summed E-state index contributed by atoms with van der Waals surface area (Å²) >= 11 is 0. The summed E-state index contributed by atoms with van der Waals surface area (Å²) in [6, 6.07) is 0.687. The second-order valence-electron chi connectivity index (χ2n) is 5.08. The minimum atomic E-state index is 0.687. The van der Waals surface area contributed by atoms with E-state index in [1.165, 1.54) is 64.7 Å². The first-order valence-corrected chi connectivity index (χ1v) is 7.70. The summed E-state index contributed by atoms with van der Waals surface area (Å²) in [6.45, 7) is 13.9. The zero-order valence-electron chi connectivity index (χ0n) is 12.6. The Morgan fingerprint density at radius 1 is 0.941 bits per heavy atom. The molecule has 0 radical (unpaired) electrons. The molecule has 0 aliphatic carbocycles. The van der Waals surface area contributed by atoms with Gasteiger partial charge < -0.3 is 10.2 Å². The predicted octanol–water partition coefficient (Wildman–Crippen LogP) is 3.67. The third-order valence-corrected chi connectivity index (χ3v) is 3.53. The zero-order chi connectivity index (χ0) is 12.9. The van der Waals surface area contributed by atoms with Crippen LogP contribution in [0.1, 0.15) is 66.2 Å². The number of hydrogen-bond donors (Lipinski definition) is 1. The molecule has 0 aliphatic rings. The molecule has 2 nitrogen and oxygen atoms in total. The lowest BCUT2D eigenvalue weighted by Crippen LogP contribution is -2.29. The normalized spacial score (nSPS) is 13.2. The lowest BCUT2D eigenvalue weighted by Gasteiger charge is -2.19. The van der Waals surface area contributed by atoms with E-state index in [2.05, 4.69) is 37.9 Å². The van der Waals surface area contributed by atoms with Crippen LogP contribution in [-0.2, 0) is 0 Å². The van der Waals surface area contributed by atoms with Crippen LogP contribution in [0.15, 0.2) is 0 Å². The van der Waals surface area contributed by atoms with E-state index in [9.17, 15) is 0 Å². The number of unbranched alkanes of at least 4 members (excludes halogenated alkanes) is 3. The first-order chi connectivity index (χ1) is 8.24. The van der Waals surface area contributed by atoms with E-state index in [1.54, 1.807) is 0 Å². The first-order valence-electron chi connectivity index (χ1n) is 7.70. The Kier molecular flexibility index (Phi) is 12.3.